The predicted octanol–water partition coefficient (Wildman–Crippen LogP) is 1.69. The minimum atomic E-state index is -0.677. The van der Waals surface area contributed by atoms with Gasteiger partial charge in [0, 0.05) is 24.2 Å². The summed E-state index contributed by atoms with van der Waals surface area (Å²) >= 11 is 6.02. The molecule has 0 aromatic heterocycles. The van der Waals surface area contributed by atoms with Crippen LogP contribution in [0.4, 0.5) is 4.39 Å². The van der Waals surface area contributed by atoms with Gasteiger partial charge in [-0.15, -0.1) is 0 Å². The summed E-state index contributed by atoms with van der Waals surface area (Å²) in [6, 6.07) is 4.34. The lowest BCUT2D eigenvalue weighted by molar-refractivity contribution is -0.142. The highest BCUT2D eigenvalue weighted by Gasteiger charge is 2.35. The van der Waals surface area contributed by atoms with Crippen LogP contribution in [0.3, 0.4) is 0 Å². The molecule has 112 valence electrons. The van der Waals surface area contributed by atoms with E-state index >= 15 is 0 Å². The van der Waals surface area contributed by atoms with Crippen molar-refractivity contribution in [3.8, 4) is 0 Å². The quantitative estimate of drug-likeness (QED) is 0.919. The molecule has 1 aliphatic rings. The maximum absolute atomic E-state index is 13.8. The minimum absolute atomic E-state index is 0.260. The van der Waals surface area contributed by atoms with E-state index in [0.717, 1.165) is 0 Å². The second-order valence-electron chi connectivity index (χ2n) is 4.98. The summed E-state index contributed by atoms with van der Waals surface area (Å²) in [5.41, 5.74) is 0.420. The van der Waals surface area contributed by atoms with E-state index in [1.54, 1.807) is 19.2 Å². The maximum atomic E-state index is 13.8. The van der Waals surface area contributed by atoms with Gasteiger partial charge in [-0.05, 0) is 19.2 Å². The molecule has 0 unspecified atom stereocenters. The van der Waals surface area contributed by atoms with Crippen molar-refractivity contribution >= 4 is 11.6 Å². The Morgan fingerprint density at radius 1 is 1.50 bits per heavy atom. The monoisotopic (exact) mass is 303 g/mol. The van der Waals surface area contributed by atoms with Crippen LogP contribution in [-0.2, 0) is 16.0 Å². The number of halogens is 2. The van der Waals surface area contributed by atoms with Crippen molar-refractivity contribution < 1.29 is 19.0 Å². The summed E-state index contributed by atoms with van der Waals surface area (Å²) in [5, 5.41) is 10.6. The SMILES string of the molecule is CO[C@@H]1COC[C@@H](N(C)Cc2c(F)cccc2Cl)[C@@H]1O. The Morgan fingerprint density at radius 2 is 2.25 bits per heavy atom. The molecule has 0 radical (unpaired) electrons. The first-order valence-corrected chi connectivity index (χ1v) is 6.84. The first-order valence-electron chi connectivity index (χ1n) is 6.46. The topological polar surface area (TPSA) is 41.9 Å². The van der Waals surface area contributed by atoms with Crippen LogP contribution in [0.15, 0.2) is 18.2 Å². The molecule has 1 fully saturated rings. The van der Waals surface area contributed by atoms with Gasteiger partial charge in [0.05, 0.1) is 19.3 Å². The Labute approximate surface area is 123 Å². The zero-order valence-corrected chi connectivity index (χ0v) is 12.3. The highest BCUT2D eigenvalue weighted by atomic mass is 35.5. The van der Waals surface area contributed by atoms with E-state index < -0.39 is 6.10 Å². The number of hydrogen-bond donors (Lipinski definition) is 1. The molecular weight excluding hydrogens is 285 g/mol. The van der Waals surface area contributed by atoms with Crippen molar-refractivity contribution in [2.45, 2.75) is 24.8 Å². The van der Waals surface area contributed by atoms with Crippen molar-refractivity contribution in [3.63, 3.8) is 0 Å². The van der Waals surface area contributed by atoms with E-state index in [9.17, 15) is 9.50 Å². The Balaban J connectivity index is 2.09. The van der Waals surface area contributed by atoms with Crippen LogP contribution in [0.2, 0.25) is 5.02 Å². The summed E-state index contributed by atoms with van der Waals surface area (Å²) in [6.07, 6.45) is -1.04. The van der Waals surface area contributed by atoms with Gasteiger partial charge in [0.1, 0.15) is 18.0 Å². The number of nitrogens with zero attached hydrogens (tertiary/aromatic N) is 1. The van der Waals surface area contributed by atoms with Gasteiger partial charge in [-0.2, -0.15) is 0 Å². The van der Waals surface area contributed by atoms with Gasteiger partial charge in [0.2, 0.25) is 0 Å². The molecular formula is C14H19ClFNO3. The summed E-state index contributed by atoms with van der Waals surface area (Å²) in [4.78, 5) is 1.83. The zero-order chi connectivity index (χ0) is 14.7. The minimum Gasteiger partial charge on any atom is -0.389 e. The molecule has 1 aromatic rings. The number of hydrogen-bond acceptors (Lipinski definition) is 4. The molecule has 0 saturated carbocycles. The third-order valence-electron chi connectivity index (χ3n) is 3.68. The number of likely N-dealkylation sites (N-methyl/N-ethyl adjacent to an activating group) is 1. The van der Waals surface area contributed by atoms with Gasteiger partial charge in [-0.1, -0.05) is 17.7 Å². The number of ether oxygens (including phenoxy) is 2. The molecule has 20 heavy (non-hydrogen) atoms. The Hall–Kier alpha value is -0.720. The fraction of sp³-hybridized carbons (Fsp3) is 0.571. The van der Waals surface area contributed by atoms with Gasteiger partial charge in [-0.3, -0.25) is 4.90 Å². The molecule has 0 spiro atoms. The number of rotatable bonds is 4. The molecule has 0 aliphatic carbocycles. The molecule has 1 heterocycles. The molecule has 3 atom stereocenters. The van der Waals surface area contributed by atoms with E-state index in [2.05, 4.69) is 0 Å². The van der Waals surface area contributed by atoms with Crippen LogP contribution in [0.25, 0.3) is 0 Å². The van der Waals surface area contributed by atoms with Gasteiger partial charge in [0.15, 0.2) is 0 Å². The van der Waals surface area contributed by atoms with E-state index in [-0.39, 0.29) is 18.0 Å². The molecule has 1 aromatic carbocycles. The van der Waals surface area contributed by atoms with E-state index in [0.29, 0.717) is 30.3 Å². The lowest BCUT2D eigenvalue weighted by atomic mass is 10.0. The highest BCUT2D eigenvalue weighted by molar-refractivity contribution is 6.31. The number of aliphatic hydroxyl groups excluding tert-OH is 1. The van der Waals surface area contributed by atoms with E-state index in [1.807, 2.05) is 4.90 Å². The number of aliphatic hydroxyl groups is 1. The Kier molecular flexibility index (Phi) is 5.35. The summed E-state index contributed by atoms with van der Waals surface area (Å²) < 4.78 is 24.4. The third-order valence-corrected chi connectivity index (χ3v) is 4.04. The van der Waals surface area contributed by atoms with E-state index in [1.165, 1.54) is 13.2 Å². The fourth-order valence-electron chi connectivity index (χ4n) is 2.40. The number of methoxy groups -OCH3 is 1. The third kappa shape index (κ3) is 3.30. The van der Waals surface area contributed by atoms with Gasteiger partial charge in [-0.25, -0.2) is 4.39 Å². The van der Waals surface area contributed by atoms with Gasteiger partial charge < -0.3 is 14.6 Å². The lowest BCUT2D eigenvalue weighted by Crippen LogP contribution is -2.55. The second kappa shape index (κ2) is 6.83. The van der Waals surface area contributed by atoms with Crippen LogP contribution in [0.5, 0.6) is 0 Å². The van der Waals surface area contributed by atoms with Crippen LogP contribution in [0, 0.1) is 5.82 Å². The molecule has 0 amide bonds. The van der Waals surface area contributed by atoms with Gasteiger partial charge >= 0.3 is 0 Å². The van der Waals surface area contributed by atoms with Crippen molar-refractivity contribution in [2.24, 2.45) is 0 Å². The first-order chi connectivity index (χ1) is 9.54. The van der Waals surface area contributed by atoms with Crippen molar-refractivity contribution in [1.82, 2.24) is 4.90 Å². The number of benzene rings is 1. The molecule has 2 rings (SSSR count). The molecule has 6 heteroatoms. The maximum Gasteiger partial charge on any atom is 0.129 e. The van der Waals surface area contributed by atoms with Crippen LogP contribution < -0.4 is 0 Å². The van der Waals surface area contributed by atoms with Crippen LogP contribution >= 0.6 is 11.6 Å². The smallest absolute Gasteiger partial charge is 0.129 e. The molecule has 0 bridgehead atoms. The largest absolute Gasteiger partial charge is 0.389 e. The normalized spacial score (nSPS) is 27.0. The predicted molar refractivity (Wildman–Crippen MR) is 74.3 cm³/mol. The molecule has 1 N–H and O–H groups in total. The lowest BCUT2D eigenvalue weighted by Gasteiger charge is -2.39. The zero-order valence-electron chi connectivity index (χ0n) is 11.6. The highest BCUT2D eigenvalue weighted by Crippen LogP contribution is 2.23. The average molecular weight is 304 g/mol. The standard InChI is InChI=1S/C14H19ClFNO3/c1-17(6-9-10(15)4-3-5-11(9)16)12-7-20-8-13(19-2)14(12)18/h3-5,12-14,18H,6-8H2,1-2H3/t12-,13-,14+/m1/s1. The molecule has 4 nitrogen and oxygen atoms in total. The van der Waals surface area contributed by atoms with Gasteiger partial charge in [0.25, 0.3) is 0 Å². The summed E-state index contributed by atoms with van der Waals surface area (Å²) in [7, 11) is 3.34. The van der Waals surface area contributed by atoms with Crippen molar-refractivity contribution in [3.05, 3.63) is 34.6 Å². The molecule has 1 saturated heterocycles. The van der Waals surface area contributed by atoms with Crippen LogP contribution in [-0.4, -0.2) is 55.6 Å². The average Bonchev–Trinajstić information content (AvgIpc) is 2.43. The fourth-order valence-corrected chi connectivity index (χ4v) is 2.62. The second-order valence-corrected chi connectivity index (χ2v) is 5.39. The molecule has 1 aliphatic heterocycles. The Bertz CT molecular complexity index is 440. The van der Waals surface area contributed by atoms with E-state index in [4.69, 9.17) is 21.1 Å². The summed E-state index contributed by atoms with van der Waals surface area (Å²) in [5.74, 6) is -0.348. The van der Waals surface area contributed by atoms with Crippen molar-refractivity contribution in [2.75, 3.05) is 27.4 Å². The first kappa shape index (κ1) is 15.7. The van der Waals surface area contributed by atoms with Crippen LogP contribution in [0.1, 0.15) is 5.56 Å². The van der Waals surface area contributed by atoms with Crippen molar-refractivity contribution in [1.29, 1.82) is 0 Å². The Morgan fingerprint density at radius 3 is 2.90 bits per heavy atom. The summed E-state index contributed by atoms with van der Waals surface area (Å²) in [6.45, 7) is 1.04.